The number of carboxylic acids is 1. The molecule has 6 heteroatoms. The van der Waals surface area contributed by atoms with E-state index in [1.165, 1.54) is 15.9 Å². The van der Waals surface area contributed by atoms with Crippen LogP contribution in [0.15, 0.2) is 36.5 Å². The van der Waals surface area contributed by atoms with Crippen molar-refractivity contribution >= 4 is 17.8 Å². The fourth-order valence-electron chi connectivity index (χ4n) is 3.49. The van der Waals surface area contributed by atoms with Crippen molar-refractivity contribution in [2.75, 3.05) is 13.1 Å². The van der Waals surface area contributed by atoms with Gasteiger partial charge in [-0.2, -0.15) is 0 Å². The van der Waals surface area contributed by atoms with Crippen molar-refractivity contribution in [1.29, 1.82) is 0 Å². The van der Waals surface area contributed by atoms with Crippen LogP contribution < -0.4 is 0 Å². The molecule has 0 aromatic rings. The number of nitrogens with zero attached hydrogens (tertiary/aromatic N) is 2. The van der Waals surface area contributed by atoms with E-state index in [1.54, 1.807) is 6.08 Å². The van der Waals surface area contributed by atoms with Crippen molar-refractivity contribution in [1.82, 2.24) is 9.80 Å². The van der Waals surface area contributed by atoms with E-state index in [0.717, 1.165) is 5.57 Å². The smallest absolute Gasteiger partial charge is 0.326 e. The Bertz CT molecular complexity index is 621. The predicted octanol–water partition coefficient (Wildman–Crippen LogP) is 1.60. The van der Waals surface area contributed by atoms with E-state index in [-0.39, 0.29) is 17.7 Å². The fourth-order valence-corrected chi connectivity index (χ4v) is 3.49. The highest BCUT2D eigenvalue weighted by Crippen LogP contribution is 2.28. The molecular formula is C18H24N2O4. The highest BCUT2D eigenvalue weighted by molar-refractivity contribution is 6.03. The summed E-state index contributed by atoms with van der Waals surface area (Å²) in [6.07, 6.45) is 4.20. The average Bonchev–Trinajstić information content (AvgIpc) is 3.12. The van der Waals surface area contributed by atoms with Gasteiger partial charge in [0, 0.05) is 18.7 Å². The van der Waals surface area contributed by atoms with Gasteiger partial charge in [0.15, 0.2) is 0 Å². The molecule has 0 saturated carbocycles. The first-order chi connectivity index (χ1) is 11.3. The van der Waals surface area contributed by atoms with Crippen LogP contribution in [-0.2, 0) is 14.4 Å². The van der Waals surface area contributed by atoms with E-state index < -0.39 is 18.1 Å². The molecule has 2 atom stereocenters. The molecule has 24 heavy (non-hydrogen) atoms. The minimum Gasteiger partial charge on any atom is -0.480 e. The summed E-state index contributed by atoms with van der Waals surface area (Å²) in [5.74, 6) is -1.67. The molecule has 2 rings (SSSR count). The molecule has 6 nitrogen and oxygen atoms in total. The molecule has 0 spiro atoms. The Morgan fingerprint density at radius 3 is 2.42 bits per heavy atom. The maximum atomic E-state index is 13.0. The molecule has 2 aliphatic heterocycles. The van der Waals surface area contributed by atoms with Gasteiger partial charge < -0.3 is 14.9 Å². The van der Waals surface area contributed by atoms with Crippen LogP contribution in [-0.4, -0.2) is 57.9 Å². The van der Waals surface area contributed by atoms with Gasteiger partial charge in [0.25, 0.3) is 5.91 Å². The Morgan fingerprint density at radius 2 is 1.96 bits per heavy atom. The average molecular weight is 332 g/mol. The fraction of sp³-hybridized carbons (Fsp3) is 0.500. The largest absolute Gasteiger partial charge is 0.480 e. The number of amides is 2. The molecule has 2 heterocycles. The third kappa shape index (κ3) is 3.00. The molecule has 2 aliphatic rings. The first kappa shape index (κ1) is 18.0. The second-order valence-corrected chi connectivity index (χ2v) is 6.50. The van der Waals surface area contributed by atoms with Gasteiger partial charge in [-0.3, -0.25) is 9.59 Å². The number of carbonyl (C=O) groups excluding carboxylic acids is 2. The summed E-state index contributed by atoms with van der Waals surface area (Å²) < 4.78 is 0. The molecule has 0 radical (unpaired) electrons. The Balaban J connectivity index is 2.30. The van der Waals surface area contributed by atoms with E-state index in [1.807, 2.05) is 13.8 Å². The van der Waals surface area contributed by atoms with Crippen LogP contribution in [0, 0.1) is 5.92 Å². The first-order valence-electron chi connectivity index (χ1n) is 8.15. The van der Waals surface area contributed by atoms with Gasteiger partial charge in [0.1, 0.15) is 12.1 Å². The van der Waals surface area contributed by atoms with Crippen molar-refractivity contribution in [3.05, 3.63) is 36.5 Å². The number of hydrogen-bond acceptors (Lipinski definition) is 3. The second-order valence-electron chi connectivity index (χ2n) is 6.50. The first-order valence-corrected chi connectivity index (χ1v) is 8.15. The number of carbonyl (C=O) groups is 3. The van der Waals surface area contributed by atoms with Crippen molar-refractivity contribution in [2.45, 2.75) is 38.8 Å². The highest BCUT2D eigenvalue weighted by Gasteiger charge is 2.43. The summed E-state index contributed by atoms with van der Waals surface area (Å²) >= 11 is 0. The van der Waals surface area contributed by atoms with E-state index >= 15 is 0 Å². The van der Waals surface area contributed by atoms with Gasteiger partial charge in [0.05, 0.1) is 0 Å². The van der Waals surface area contributed by atoms with Gasteiger partial charge in [-0.1, -0.05) is 39.2 Å². The summed E-state index contributed by atoms with van der Waals surface area (Å²) in [5, 5.41) is 9.32. The molecule has 1 N–H and O–H groups in total. The van der Waals surface area contributed by atoms with Crippen LogP contribution in [0.5, 0.6) is 0 Å². The van der Waals surface area contributed by atoms with Gasteiger partial charge in [-0.25, -0.2) is 4.79 Å². The van der Waals surface area contributed by atoms with E-state index in [2.05, 4.69) is 13.2 Å². The van der Waals surface area contributed by atoms with Crippen LogP contribution in [0.3, 0.4) is 0 Å². The topological polar surface area (TPSA) is 77.9 Å². The van der Waals surface area contributed by atoms with E-state index in [9.17, 15) is 19.5 Å². The second kappa shape index (κ2) is 7.03. The minimum atomic E-state index is -0.993. The van der Waals surface area contributed by atoms with Crippen molar-refractivity contribution < 1.29 is 19.5 Å². The molecule has 0 bridgehead atoms. The Labute approximate surface area is 142 Å². The molecule has 2 amide bonds. The molecule has 2 unspecified atom stereocenters. The molecule has 0 aliphatic carbocycles. The van der Waals surface area contributed by atoms with Crippen LogP contribution in [0.1, 0.15) is 26.7 Å². The van der Waals surface area contributed by atoms with Crippen LogP contribution in [0.2, 0.25) is 0 Å². The van der Waals surface area contributed by atoms with Crippen LogP contribution >= 0.6 is 0 Å². The lowest BCUT2D eigenvalue weighted by Gasteiger charge is -2.34. The third-order valence-electron chi connectivity index (χ3n) is 4.67. The molecule has 1 saturated heterocycles. The van der Waals surface area contributed by atoms with Gasteiger partial charge in [-0.05, 0) is 24.3 Å². The lowest BCUT2D eigenvalue weighted by Crippen LogP contribution is -2.54. The van der Waals surface area contributed by atoms with E-state index in [0.29, 0.717) is 31.5 Å². The maximum absolute atomic E-state index is 13.0. The lowest BCUT2D eigenvalue weighted by molar-refractivity contribution is -0.152. The zero-order valence-electron chi connectivity index (χ0n) is 14.2. The number of carboxylic acid groups (broad SMARTS) is 1. The SMILES string of the molecule is C=CC1=C(C=C)C(=O)N(C(C(=O)N2CCCC2C(=O)O)C(C)C)C1. The van der Waals surface area contributed by atoms with Crippen molar-refractivity contribution in [2.24, 2.45) is 5.92 Å². The highest BCUT2D eigenvalue weighted by atomic mass is 16.4. The molecule has 0 aromatic heterocycles. The number of rotatable bonds is 6. The summed E-state index contributed by atoms with van der Waals surface area (Å²) in [4.78, 5) is 40.0. The summed E-state index contributed by atoms with van der Waals surface area (Å²) in [6.45, 7) is 11.8. The van der Waals surface area contributed by atoms with Gasteiger partial charge in [0.2, 0.25) is 5.91 Å². The van der Waals surface area contributed by atoms with Crippen molar-refractivity contribution in [3.8, 4) is 0 Å². The van der Waals surface area contributed by atoms with Gasteiger partial charge in [-0.15, -0.1) is 0 Å². The monoisotopic (exact) mass is 332 g/mol. The Hall–Kier alpha value is -2.37. The van der Waals surface area contributed by atoms with Crippen molar-refractivity contribution in [3.63, 3.8) is 0 Å². The summed E-state index contributed by atoms with van der Waals surface area (Å²) in [6, 6.07) is -1.49. The van der Waals surface area contributed by atoms with Crippen LogP contribution in [0.4, 0.5) is 0 Å². The molecule has 1 fully saturated rings. The van der Waals surface area contributed by atoms with E-state index in [4.69, 9.17) is 0 Å². The maximum Gasteiger partial charge on any atom is 0.326 e. The quantitative estimate of drug-likeness (QED) is 0.801. The standard InChI is InChI=1S/C18H24N2O4/c1-5-12-10-20(16(21)13(12)6-2)15(11(3)4)17(22)19-9-7-8-14(19)18(23)24/h5-6,11,14-15H,1-2,7-10H2,3-4H3,(H,23,24). The zero-order valence-corrected chi connectivity index (χ0v) is 14.2. The number of hydrogen-bond donors (Lipinski definition) is 1. The summed E-state index contributed by atoms with van der Waals surface area (Å²) in [5.41, 5.74) is 1.20. The lowest BCUT2D eigenvalue weighted by atomic mass is 10.00. The molecule has 130 valence electrons. The number of aliphatic carboxylic acids is 1. The molecule has 0 aromatic carbocycles. The third-order valence-corrected chi connectivity index (χ3v) is 4.67. The summed E-state index contributed by atoms with van der Waals surface area (Å²) in [7, 11) is 0. The van der Waals surface area contributed by atoms with Gasteiger partial charge >= 0.3 is 5.97 Å². The molecular weight excluding hydrogens is 308 g/mol. The van der Waals surface area contributed by atoms with Crippen LogP contribution in [0.25, 0.3) is 0 Å². The predicted molar refractivity (Wildman–Crippen MR) is 90.1 cm³/mol. The Morgan fingerprint density at radius 1 is 1.29 bits per heavy atom. The minimum absolute atomic E-state index is 0.133. The number of likely N-dealkylation sites (tertiary alicyclic amines) is 1. The Kier molecular flexibility index (Phi) is 5.26. The zero-order chi connectivity index (χ0) is 18.0. The normalized spacial score (nSPS) is 22.3.